The Labute approximate surface area is 157 Å². The fourth-order valence-corrected chi connectivity index (χ4v) is 3.38. The van der Waals surface area contributed by atoms with Crippen molar-refractivity contribution in [1.82, 2.24) is 19.7 Å². The molecule has 0 radical (unpaired) electrons. The van der Waals surface area contributed by atoms with Gasteiger partial charge in [0.15, 0.2) is 11.5 Å². The van der Waals surface area contributed by atoms with Crippen molar-refractivity contribution in [2.24, 2.45) is 0 Å². The van der Waals surface area contributed by atoms with E-state index >= 15 is 0 Å². The molecule has 0 saturated carbocycles. The third-order valence-electron chi connectivity index (χ3n) is 4.75. The van der Waals surface area contributed by atoms with E-state index in [1.54, 1.807) is 0 Å². The highest BCUT2D eigenvalue weighted by atomic mass is 16.5. The number of ether oxygens (including phenoxy) is 1. The fraction of sp³-hybridized carbons (Fsp3) is 0.190. The van der Waals surface area contributed by atoms with Crippen molar-refractivity contribution in [1.29, 1.82) is 0 Å². The summed E-state index contributed by atoms with van der Waals surface area (Å²) in [5.41, 5.74) is 2.80. The van der Waals surface area contributed by atoms with Gasteiger partial charge in [0.2, 0.25) is 0 Å². The maximum absolute atomic E-state index is 5.52. The Morgan fingerprint density at radius 3 is 2.26 bits per heavy atom. The van der Waals surface area contributed by atoms with Gasteiger partial charge in [-0.05, 0) is 12.1 Å². The van der Waals surface area contributed by atoms with Crippen LogP contribution in [0.15, 0.2) is 66.9 Å². The van der Waals surface area contributed by atoms with E-state index in [1.165, 1.54) is 0 Å². The van der Waals surface area contributed by atoms with E-state index in [9.17, 15) is 0 Å². The summed E-state index contributed by atoms with van der Waals surface area (Å²) in [6, 6.07) is 20.2. The van der Waals surface area contributed by atoms with Gasteiger partial charge in [-0.3, -0.25) is 0 Å². The van der Waals surface area contributed by atoms with E-state index < -0.39 is 0 Å². The van der Waals surface area contributed by atoms with Gasteiger partial charge in [-0.25, -0.2) is 14.6 Å². The van der Waals surface area contributed by atoms with E-state index in [4.69, 9.17) is 14.7 Å². The molecule has 1 aliphatic rings. The summed E-state index contributed by atoms with van der Waals surface area (Å²) in [7, 11) is 0. The van der Waals surface area contributed by atoms with Gasteiger partial charge in [-0.15, -0.1) is 0 Å². The van der Waals surface area contributed by atoms with Crippen LogP contribution in [0.1, 0.15) is 0 Å². The first-order chi connectivity index (χ1) is 13.4. The van der Waals surface area contributed by atoms with Gasteiger partial charge in [-0.2, -0.15) is 5.10 Å². The van der Waals surface area contributed by atoms with Crippen molar-refractivity contribution in [3.63, 3.8) is 0 Å². The zero-order chi connectivity index (χ0) is 18.1. The topological polar surface area (TPSA) is 56.1 Å². The molecule has 1 saturated heterocycles. The molecular formula is C21H19N5O. The standard InChI is InChI=1S/C21H19N5O/c1-3-7-16(8-4-1)19-23-20(25-11-13-27-14-12-25)18-15-22-26(21(18)24-19)17-9-5-2-6-10-17/h1-10,15H,11-14H2. The van der Waals surface area contributed by atoms with Crippen LogP contribution < -0.4 is 4.90 Å². The van der Waals surface area contributed by atoms with Crippen molar-refractivity contribution >= 4 is 16.9 Å². The molecule has 0 spiro atoms. The smallest absolute Gasteiger partial charge is 0.169 e. The minimum Gasteiger partial charge on any atom is -0.378 e. The van der Waals surface area contributed by atoms with Crippen molar-refractivity contribution < 1.29 is 4.74 Å². The molecule has 134 valence electrons. The summed E-state index contributed by atoms with van der Waals surface area (Å²) in [5, 5.41) is 5.57. The summed E-state index contributed by atoms with van der Waals surface area (Å²) in [4.78, 5) is 12.0. The molecule has 0 bridgehead atoms. The van der Waals surface area contributed by atoms with Gasteiger partial charge in [0.05, 0.1) is 30.5 Å². The molecule has 1 fully saturated rings. The third-order valence-corrected chi connectivity index (χ3v) is 4.75. The van der Waals surface area contributed by atoms with Gasteiger partial charge in [0.25, 0.3) is 0 Å². The molecule has 0 unspecified atom stereocenters. The van der Waals surface area contributed by atoms with Crippen LogP contribution in [0.3, 0.4) is 0 Å². The molecule has 0 amide bonds. The average molecular weight is 357 g/mol. The van der Waals surface area contributed by atoms with Crippen molar-refractivity contribution in [3.8, 4) is 17.1 Å². The number of rotatable bonds is 3. The zero-order valence-electron chi connectivity index (χ0n) is 14.8. The lowest BCUT2D eigenvalue weighted by Gasteiger charge is -2.28. The molecule has 27 heavy (non-hydrogen) atoms. The molecule has 3 heterocycles. The number of benzene rings is 2. The van der Waals surface area contributed by atoms with Crippen LogP contribution in [0, 0.1) is 0 Å². The lowest BCUT2D eigenvalue weighted by Crippen LogP contribution is -2.37. The molecule has 1 aliphatic heterocycles. The van der Waals surface area contributed by atoms with E-state index in [0.717, 1.165) is 41.2 Å². The molecule has 0 N–H and O–H groups in total. The van der Waals surface area contributed by atoms with Crippen molar-refractivity contribution in [2.75, 3.05) is 31.2 Å². The average Bonchev–Trinajstić information content (AvgIpc) is 3.19. The molecule has 2 aromatic heterocycles. The van der Waals surface area contributed by atoms with Gasteiger partial charge in [-0.1, -0.05) is 48.5 Å². The molecule has 0 atom stereocenters. The van der Waals surface area contributed by atoms with E-state index in [1.807, 2.05) is 71.5 Å². The van der Waals surface area contributed by atoms with Crippen LogP contribution in [-0.4, -0.2) is 46.1 Å². The van der Waals surface area contributed by atoms with Gasteiger partial charge >= 0.3 is 0 Å². The molecule has 5 rings (SSSR count). The number of morpholine rings is 1. The molecule has 6 heteroatoms. The van der Waals surface area contributed by atoms with Crippen LogP contribution >= 0.6 is 0 Å². The Kier molecular flexibility index (Phi) is 4.03. The van der Waals surface area contributed by atoms with Crippen LogP contribution in [0.2, 0.25) is 0 Å². The Balaban J connectivity index is 1.73. The summed E-state index contributed by atoms with van der Waals surface area (Å²) in [5.74, 6) is 1.63. The molecule has 6 nitrogen and oxygen atoms in total. The molecule has 2 aromatic carbocycles. The van der Waals surface area contributed by atoms with Crippen LogP contribution in [0.5, 0.6) is 0 Å². The first-order valence-electron chi connectivity index (χ1n) is 9.09. The highest BCUT2D eigenvalue weighted by molar-refractivity contribution is 5.89. The lowest BCUT2D eigenvalue weighted by atomic mass is 10.2. The van der Waals surface area contributed by atoms with E-state index in [2.05, 4.69) is 10.00 Å². The first kappa shape index (κ1) is 16.0. The fourth-order valence-electron chi connectivity index (χ4n) is 3.38. The summed E-state index contributed by atoms with van der Waals surface area (Å²) < 4.78 is 7.40. The van der Waals surface area contributed by atoms with Crippen molar-refractivity contribution in [3.05, 3.63) is 66.9 Å². The SMILES string of the molecule is c1ccc(-c2nc(N3CCOCC3)c3cnn(-c4ccccc4)c3n2)cc1. The molecule has 4 aromatic rings. The Morgan fingerprint density at radius 1 is 0.815 bits per heavy atom. The number of para-hydroxylation sites is 1. The number of hydrogen-bond acceptors (Lipinski definition) is 5. The number of anilines is 1. The monoisotopic (exact) mass is 357 g/mol. The van der Waals surface area contributed by atoms with Gasteiger partial charge in [0.1, 0.15) is 5.82 Å². The highest BCUT2D eigenvalue weighted by Gasteiger charge is 2.20. The minimum absolute atomic E-state index is 0.707. The number of hydrogen-bond donors (Lipinski definition) is 0. The number of aromatic nitrogens is 4. The summed E-state index contributed by atoms with van der Waals surface area (Å²) in [6.45, 7) is 3.05. The Bertz CT molecular complexity index is 1060. The maximum atomic E-state index is 5.52. The third kappa shape index (κ3) is 2.94. The summed E-state index contributed by atoms with van der Waals surface area (Å²) in [6.07, 6.45) is 1.86. The second-order valence-corrected chi connectivity index (χ2v) is 6.47. The predicted molar refractivity (Wildman–Crippen MR) is 105 cm³/mol. The van der Waals surface area contributed by atoms with Crippen LogP contribution in [0.25, 0.3) is 28.1 Å². The maximum Gasteiger partial charge on any atom is 0.169 e. The first-order valence-corrected chi connectivity index (χ1v) is 9.09. The van der Waals surface area contributed by atoms with Crippen LogP contribution in [0.4, 0.5) is 5.82 Å². The second-order valence-electron chi connectivity index (χ2n) is 6.47. The van der Waals surface area contributed by atoms with E-state index in [-0.39, 0.29) is 0 Å². The predicted octanol–water partition coefficient (Wildman–Crippen LogP) is 3.32. The largest absolute Gasteiger partial charge is 0.378 e. The number of nitrogens with zero attached hydrogens (tertiary/aromatic N) is 5. The summed E-state index contributed by atoms with van der Waals surface area (Å²) >= 11 is 0. The van der Waals surface area contributed by atoms with E-state index in [0.29, 0.717) is 19.0 Å². The lowest BCUT2D eigenvalue weighted by molar-refractivity contribution is 0.122. The number of fused-ring (bicyclic) bond motifs is 1. The van der Waals surface area contributed by atoms with Gasteiger partial charge < -0.3 is 9.64 Å². The van der Waals surface area contributed by atoms with Crippen molar-refractivity contribution in [2.45, 2.75) is 0 Å². The molecular weight excluding hydrogens is 338 g/mol. The quantitative estimate of drug-likeness (QED) is 0.563. The highest BCUT2D eigenvalue weighted by Crippen LogP contribution is 2.29. The molecule has 0 aliphatic carbocycles. The zero-order valence-corrected chi connectivity index (χ0v) is 14.8. The second kappa shape index (κ2) is 6.81. The Morgan fingerprint density at radius 2 is 1.52 bits per heavy atom. The van der Waals surface area contributed by atoms with Crippen LogP contribution in [-0.2, 0) is 4.74 Å². The Hall–Kier alpha value is -3.25. The van der Waals surface area contributed by atoms with Gasteiger partial charge in [0, 0.05) is 18.7 Å². The normalized spacial score (nSPS) is 14.6. The minimum atomic E-state index is 0.707.